The molecule has 1 atom stereocenters. The molecule has 0 radical (unpaired) electrons. The molecule has 0 saturated heterocycles. The summed E-state index contributed by atoms with van der Waals surface area (Å²) in [5, 5.41) is 6.07. The first-order chi connectivity index (χ1) is 9.37. The molecule has 0 fully saturated rings. The summed E-state index contributed by atoms with van der Waals surface area (Å²) in [4.78, 5) is 19.7. The van der Waals surface area contributed by atoms with Crippen molar-refractivity contribution in [2.75, 3.05) is 6.54 Å². The lowest BCUT2D eigenvalue weighted by Gasteiger charge is -2.22. The predicted octanol–water partition coefficient (Wildman–Crippen LogP) is 1.87. The lowest BCUT2D eigenvalue weighted by atomic mass is 10.2. The van der Waals surface area contributed by atoms with E-state index in [2.05, 4.69) is 20.6 Å². The summed E-state index contributed by atoms with van der Waals surface area (Å²) >= 11 is 0. The van der Waals surface area contributed by atoms with Crippen LogP contribution in [0.15, 0.2) is 18.6 Å². The second-order valence-electron chi connectivity index (χ2n) is 5.71. The van der Waals surface area contributed by atoms with E-state index in [0.29, 0.717) is 6.54 Å². The number of carbonyl (C=O) groups is 1. The van der Waals surface area contributed by atoms with E-state index in [9.17, 15) is 4.79 Å². The summed E-state index contributed by atoms with van der Waals surface area (Å²) in [5.41, 5.74) is 0.439. The van der Waals surface area contributed by atoms with Gasteiger partial charge in [0.25, 0.3) is 0 Å². The normalized spacial score (nSPS) is 12.8. The fourth-order valence-corrected chi connectivity index (χ4v) is 1.54. The predicted molar refractivity (Wildman–Crippen MR) is 77.2 cm³/mol. The molecule has 0 aliphatic carbocycles. The van der Waals surface area contributed by atoms with Crippen molar-refractivity contribution in [2.24, 2.45) is 0 Å². The maximum absolute atomic E-state index is 11.6. The molecule has 6 heteroatoms. The van der Waals surface area contributed by atoms with E-state index in [4.69, 9.17) is 4.74 Å². The Morgan fingerprint density at radius 2 is 2.15 bits per heavy atom. The molecule has 2 N–H and O–H groups in total. The molecule has 0 bridgehead atoms. The number of rotatable bonds is 6. The minimum atomic E-state index is -0.464. The van der Waals surface area contributed by atoms with Crippen molar-refractivity contribution in [1.29, 1.82) is 0 Å². The highest BCUT2D eigenvalue weighted by Crippen LogP contribution is 2.06. The van der Waals surface area contributed by atoms with Crippen LogP contribution in [-0.2, 0) is 11.3 Å². The van der Waals surface area contributed by atoms with Crippen LogP contribution in [-0.4, -0.2) is 34.2 Å². The zero-order valence-electron chi connectivity index (χ0n) is 12.6. The van der Waals surface area contributed by atoms with Crippen molar-refractivity contribution in [1.82, 2.24) is 20.6 Å². The van der Waals surface area contributed by atoms with Crippen LogP contribution >= 0.6 is 0 Å². The lowest BCUT2D eigenvalue weighted by Crippen LogP contribution is -2.38. The highest BCUT2D eigenvalue weighted by molar-refractivity contribution is 5.67. The molecule has 0 aromatic carbocycles. The Balaban J connectivity index is 2.14. The fraction of sp³-hybridized carbons (Fsp3) is 0.643. The first kappa shape index (κ1) is 16.4. The van der Waals surface area contributed by atoms with Crippen molar-refractivity contribution in [3.8, 4) is 0 Å². The molecule has 0 saturated carbocycles. The average Bonchev–Trinajstić information content (AvgIpc) is 2.33. The van der Waals surface area contributed by atoms with Gasteiger partial charge in [-0.2, -0.15) is 0 Å². The van der Waals surface area contributed by atoms with Gasteiger partial charge in [-0.1, -0.05) is 0 Å². The first-order valence-electron chi connectivity index (χ1n) is 6.82. The number of hydrogen-bond donors (Lipinski definition) is 2. The molecule has 1 amide bonds. The van der Waals surface area contributed by atoms with Gasteiger partial charge in [-0.3, -0.25) is 9.97 Å². The number of carbonyl (C=O) groups excluding carboxylic acids is 1. The van der Waals surface area contributed by atoms with Gasteiger partial charge >= 0.3 is 6.09 Å². The summed E-state index contributed by atoms with van der Waals surface area (Å²) in [7, 11) is 0. The Morgan fingerprint density at radius 3 is 2.75 bits per heavy atom. The quantitative estimate of drug-likeness (QED) is 0.778. The van der Waals surface area contributed by atoms with Gasteiger partial charge in [-0.25, -0.2) is 4.79 Å². The van der Waals surface area contributed by atoms with Gasteiger partial charge in [-0.05, 0) is 40.7 Å². The maximum atomic E-state index is 11.6. The van der Waals surface area contributed by atoms with Crippen molar-refractivity contribution in [2.45, 2.75) is 52.3 Å². The van der Waals surface area contributed by atoms with Crippen LogP contribution in [0.3, 0.4) is 0 Å². The Hall–Kier alpha value is -1.69. The molecule has 0 aliphatic heterocycles. The molecule has 0 spiro atoms. The molecule has 112 valence electrons. The second-order valence-corrected chi connectivity index (χ2v) is 5.71. The first-order valence-corrected chi connectivity index (χ1v) is 6.82. The molecule has 0 aliphatic rings. The van der Waals surface area contributed by atoms with Gasteiger partial charge < -0.3 is 15.4 Å². The van der Waals surface area contributed by atoms with Crippen molar-refractivity contribution < 1.29 is 9.53 Å². The topological polar surface area (TPSA) is 76.1 Å². The van der Waals surface area contributed by atoms with Gasteiger partial charge in [0.1, 0.15) is 5.60 Å². The summed E-state index contributed by atoms with van der Waals surface area (Å²) in [6.07, 6.45) is 5.49. The van der Waals surface area contributed by atoms with Gasteiger partial charge in [-0.15, -0.1) is 0 Å². The smallest absolute Gasteiger partial charge is 0.407 e. The SMILES string of the molecule is CC(CCNCc1cnccn1)NC(=O)OC(C)(C)C. The van der Waals surface area contributed by atoms with Crippen LogP contribution in [0.25, 0.3) is 0 Å². The lowest BCUT2D eigenvalue weighted by molar-refractivity contribution is 0.0506. The number of aromatic nitrogens is 2. The summed E-state index contributed by atoms with van der Waals surface area (Å²) < 4.78 is 5.20. The second kappa shape index (κ2) is 7.79. The van der Waals surface area contributed by atoms with Crippen molar-refractivity contribution in [3.05, 3.63) is 24.3 Å². The molecular weight excluding hydrogens is 256 g/mol. The minimum absolute atomic E-state index is 0.0548. The summed E-state index contributed by atoms with van der Waals surface area (Å²) in [6.45, 7) is 8.95. The molecule has 20 heavy (non-hydrogen) atoms. The zero-order chi connectivity index (χ0) is 15.0. The third-order valence-electron chi connectivity index (χ3n) is 2.44. The van der Waals surface area contributed by atoms with Crippen LogP contribution in [0.5, 0.6) is 0 Å². The Kier molecular flexibility index (Phi) is 6.38. The zero-order valence-corrected chi connectivity index (χ0v) is 12.6. The number of nitrogens with one attached hydrogen (secondary N) is 2. The summed E-state index contributed by atoms with van der Waals surface area (Å²) in [6, 6.07) is 0.0548. The minimum Gasteiger partial charge on any atom is -0.444 e. The maximum Gasteiger partial charge on any atom is 0.407 e. The number of nitrogens with zero attached hydrogens (tertiary/aromatic N) is 2. The van der Waals surface area contributed by atoms with Crippen LogP contribution in [0.2, 0.25) is 0 Å². The number of ether oxygens (including phenoxy) is 1. The van der Waals surface area contributed by atoms with E-state index in [1.54, 1.807) is 18.6 Å². The Bertz CT molecular complexity index is 403. The number of amides is 1. The van der Waals surface area contributed by atoms with Crippen molar-refractivity contribution >= 4 is 6.09 Å². The van der Waals surface area contributed by atoms with E-state index >= 15 is 0 Å². The van der Waals surface area contributed by atoms with Gasteiger partial charge in [0.05, 0.1) is 5.69 Å². The van der Waals surface area contributed by atoms with Gasteiger partial charge in [0, 0.05) is 31.2 Å². The highest BCUT2D eigenvalue weighted by atomic mass is 16.6. The molecule has 1 aromatic rings. The Labute approximate surface area is 120 Å². The molecule has 6 nitrogen and oxygen atoms in total. The fourth-order valence-electron chi connectivity index (χ4n) is 1.54. The molecule has 1 rings (SSSR count). The van der Waals surface area contributed by atoms with Gasteiger partial charge in [0.15, 0.2) is 0 Å². The van der Waals surface area contributed by atoms with Crippen LogP contribution in [0, 0.1) is 0 Å². The van der Waals surface area contributed by atoms with Crippen LogP contribution in [0.1, 0.15) is 39.8 Å². The monoisotopic (exact) mass is 280 g/mol. The molecule has 1 aromatic heterocycles. The molecule has 1 unspecified atom stereocenters. The van der Waals surface area contributed by atoms with Gasteiger partial charge in [0.2, 0.25) is 0 Å². The molecular formula is C14H24N4O2. The van der Waals surface area contributed by atoms with E-state index < -0.39 is 5.60 Å². The third-order valence-corrected chi connectivity index (χ3v) is 2.44. The number of hydrogen-bond acceptors (Lipinski definition) is 5. The largest absolute Gasteiger partial charge is 0.444 e. The summed E-state index contributed by atoms with van der Waals surface area (Å²) in [5.74, 6) is 0. The van der Waals surface area contributed by atoms with E-state index in [-0.39, 0.29) is 12.1 Å². The standard InChI is InChI=1S/C14H24N4O2/c1-11(18-13(19)20-14(2,3)4)5-6-15-9-12-10-16-7-8-17-12/h7-8,10-11,15H,5-6,9H2,1-4H3,(H,18,19). The van der Waals surface area contributed by atoms with E-state index in [1.807, 2.05) is 27.7 Å². The average molecular weight is 280 g/mol. The Morgan fingerprint density at radius 1 is 1.40 bits per heavy atom. The van der Waals surface area contributed by atoms with E-state index in [0.717, 1.165) is 18.7 Å². The van der Waals surface area contributed by atoms with Crippen molar-refractivity contribution in [3.63, 3.8) is 0 Å². The highest BCUT2D eigenvalue weighted by Gasteiger charge is 2.17. The molecule has 1 heterocycles. The number of alkyl carbamates (subject to hydrolysis) is 1. The van der Waals surface area contributed by atoms with Crippen LogP contribution in [0.4, 0.5) is 4.79 Å². The van der Waals surface area contributed by atoms with Crippen LogP contribution < -0.4 is 10.6 Å². The van der Waals surface area contributed by atoms with E-state index in [1.165, 1.54) is 0 Å². The third kappa shape index (κ3) is 7.68.